The van der Waals surface area contributed by atoms with E-state index in [-0.39, 0.29) is 40.1 Å². The average molecular weight is 638 g/mol. The Hall–Kier alpha value is -4.41. The first kappa shape index (κ1) is 29.7. The zero-order valence-electron chi connectivity index (χ0n) is 23.3. The van der Waals surface area contributed by atoms with Gasteiger partial charge in [-0.3, -0.25) is 4.79 Å². The number of amides is 1. The van der Waals surface area contributed by atoms with E-state index in [1.54, 1.807) is 48.5 Å². The number of carbonyl (C=O) groups excluding carboxylic acids is 1. The van der Waals surface area contributed by atoms with Gasteiger partial charge < -0.3 is 5.11 Å². The van der Waals surface area contributed by atoms with Crippen molar-refractivity contribution in [2.45, 2.75) is 38.4 Å². The summed E-state index contributed by atoms with van der Waals surface area (Å²) in [6, 6.07) is 19.9. The first-order valence-electron chi connectivity index (χ1n) is 13.6. The topological polar surface area (TPSA) is 83.1 Å². The van der Waals surface area contributed by atoms with Gasteiger partial charge in [0.2, 0.25) is 0 Å². The molecule has 2 aromatic heterocycles. The van der Waals surface area contributed by atoms with E-state index in [0.29, 0.717) is 31.9 Å². The molecule has 0 saturated heterocycles. The summed E-state index contributed by atoms with van der Waals surface area (Å²) in [6.07, 6.45) is -4.59. The van der Waals surface area contributed by atoms with Gasteiger partial charge in [-0.15, -0.1) is 0 Å². The van der Waals surface area contributed by atoms with E-state index in [2.05, 4.69) is 15.2 Å². The van der Waals surface area contributed by atoms with Crippen LogP contribution in [0.25, 0.3) is 16.9 Å². The van der Waals surface area contributed by atoms with Gasteiger partial charge in [0.05, 0.1) is 27.5 Å². The molecule has 7 nitrogen and oxygen atoms in total. The lowest BCUT2D eigenvalue weighted by Crippen LogP contribution is -2.27. The number of halogens is 5. The minimum atomic E-state index is -4.79. The molecule has 1 N–H and O–H groups in total. The Balaban J connectivity index is 1.44. The molecule has 0 unspecified atom stereocenters. The number of hydrazone groups is 1. The largest absolute Gasteiger partial charge is 0.508 e. The highest BCUT2D eigenvalue weighted by Crippen LogP contribution is 2.39. The second kappa shape index (κ2) is 11.3. The molecule has 3 heterocycles. The smallest absolute Gasteiger partial charge is 0.433 e. The van der Waals surface area contributed by atoms with E-state index >= 15 is 0 Å². The molecular formula is C32H24Cl2F3N5O2. The van der Waals surface area contributed by atoms with Crippen LogP contribution in [-0.4, -0.2) is 36.3 Å². The van der Waals surface area contributed by atoms with Crippen molar-refractivity contribution in [1.82, 2.24) is 19.6 Å². The summed E-state index contributed by atoms with van der Waals surface area (Å²) >= 11 is 12.3. The van der Waals surface area contributed by atoms with Crippen molar-refractivity contribution >= 4 is 40.5 Å². The van der Waals surface area contributed by atoms with Gasteiger partial charge in [-0.1, -0.05) is 85.6 Å². The summed E-state index contributed by atoms with van der Waals surface area (Å²) < 4.78 is 43.4. The molecule has 1 atom stereocenters. The Bertz CT molecular complexity index is 1940. The van der Waals surface area contributed by atoms with Gasteiger partial charge in [0.15, 0.2) is 17.0 Å². The number of hydrogen-bond donors (Lipinski definition) is 1. The van der Waals surface area contributed by atoms with E-state index in [1.807, 2.05) is 26.0 Å². The Morgan fingerprint density at radius 2 is 1.66 bits per heavy atom. The first-order valence-corrected chi connectivity index (χ1v) is 14.4. The number of aromatic nitrogens is 3. The van der Waals surface area contributed by atoms with Gasteiger partial charge in [-0.2, -0.15) is 23.4 Å². The molecule has 44 heavy (non-hydrogen) atoms. The molecule has 6 rings (SSSR count). The molecular weight excluding hydrogens is 614 g/mol. The lowest BCUT2D eigenvalue weighted by Gasteiger charge is -2.21. The van der Waals surface area contributed by atoms with Crippen LogP contribution < -0.4 is 0 Å². The molecule has 0 fully saturated rings. The Morgan fingerprint density at radius 1 is 0.955 bits per heavy atom. The zero-order valence-corrected chi connectivity index (χ0v) is 24.9. The summed E-state index contributed by atoms with van der Waals surface area (Å²) in [5.74, 6) is -0.583. The van der Waals surface area contributed by atoms with Crippen LogP contribution >= 0.6 is 23.2 Å². The fourth-order valence-electron chi connectivity index (χ4n) is 5.14. The monoisotopic (exact) mass is 637 g/mol. The lowest BCUT2D eigenvalue weighted by molar-refractivity contribution is -0.142. The molecule has 224 valence electrons. The fourth-order valence-corrected chi connectivity index (χ4v) is 5.44. The van der Waals surface area contributed by atoms with Gasteiger partial charge in [-0.05, 0) is 41.3 Å². The number of aromatic hydroxyl groups is 1. The van der Waals surface area contributed by atoms with Crippen molar-refractivity contribution in [1.29, 1.82) is 0 Å². The summed E-state index contributed by atoms with van der Waals surface area (Å²) in [7, 11) is 0. The van der Waals surface area contributed by atoms with Crippen LogP contribution in [0, 0.1) is 0 Å². The number of carbonyl (C=O) groups is 1. The Morgan fingerprint density at radius 3 is 2.32 bits per heavy atom. The number of phenolic OH excluding ortho intramolecular Hbond substituents is 1. The van der Waals surface area contributed by atoms with Crippen LogP contribution in [0.5, 0.6) is 5.75 Å². The van der Waals surface area contributed by atoms with Crippen LogP contribution in [0.15, 0.2) is 84.0 Å². The molecule has 12 heteroatoms. The molecule has 0 bridgehead atoms. The highest BCUT2D eigenvalue weighted by molar-refractivity contribution is 6.42. The third-order valence-electron chi connectivity index (χ3n) is 7.48. The maximum Gasteiger partial charge on any atom is 0.433 e. The van der Waals surface area contributed by atoms with Crippen molar-refractivity contribution < 1.29 is 23.1 Å². The van der Waals surface area contributed by atoms with E-state index in [1.165, 1.54) is 12.1 Å². The Kier molecular flexibility index (Phi) is 7.59. The van der Waals surface area contributed by atoms with Crippen molar-refractivity contribution in [3.8, 4) is 17.0 Å². The summed E-state index contributed by atoms with van der Waals surface area (Å²) in [6.45, 7) is 4.04. The highest BCUT2D eigenvalue weighted by atomic mass is 35.5. The average Bonchev–Trinajstić information content (AvgIpc) is 3.63. The predicted octanol–water partition coefficient (Wildman–Crippen LogP) is 8.54. The Labute approximate surface area is 260 Å². The number of alkyl halides is 3. The number of rotatable bonds is 5. The van der Waals surface area contributed by atoms with Crippen LogP contribution in [0.2, 0.25) is 10.0 Å². The van der Waals surface area contributed by atoms with E-state index < -0.39 is 23.8 Å². The van der Waals surface area contributed by atoms with Gasteiger partial charge in [0, 0.05) is 23.6 Å². The second-order valence-electron chi connectivity index (χ2n) is 10.7. The van der Waals surface area contributed by atoms with E-state index in [4.69, 9.17) is 23.2 Å². The van der Waals surface area contributed by atoms with Gasteiger partial charge in [0.1, 0.15) is 5.75 Å². The summed E-state index contributed by atoms with van der Waals surface area (Å²) in [5, 5.41) is 20.9. The molecule has 3 aromatic carbocycles. The molecule has 1 aliphatic rings. The second-order valence-corrected chi connectivity index (χ2v) is 11.5. The number of para-hydroxylation sites is 1. The highest BCUT2D eigenvalue weighted by Gasteiger charge is 2.38. The molecule has 5 aromatic rings. The van der Waals surface area contributed by atoms with Crippen molar-refractivity contribution in [2.75, 3.05) is 0 Å². The molecule has 0 radical (unpaired) electrons. The number of hydrogen-bond acceptors (Lipinski definition) is 5. The maximum absolute atomic E-state index is 14.3. The SMILES string of the molecule is CC(C)c1ccc(-c2cc(C(F)(F)F)n3nc(C(=O)N4N=C(c5ccc(Cl)c(Cl)c5)C[C@H]4c4ccccc4O)cc3n2)cc1. The van der Waals surface area contributed by atoms with Gasteiger partial charge in [0.25, 0.3) is 5.91 Å². The quantitative estimate of drug-likeness (QED) is 0.209. The van der Waals surface area contributed by atoms with Crippen molar-refractivity contribution in [3.63, 3.8) is 0 Å². The number of fused-ring (bicyclic) bond motifs is 1. The molecule has 1 amide bonds. The van der Waals surface area contributed by atoms with Crippen LogP contribution in [0.4, 0.5) is 13.2 Å². The molecule has 0 aliphatic carbocycles. The van der Waals surface area contributed by atoms with Gasteiger partial charge in [-0.25, -0.2) is 14.5 Å². The zero-order chi connectivity index (χ0) is 31.3. The third kappa shape index (κ3) is 5.51. The number of benzene rings is 3. The first-order chi connectivity index (χ1) is 20.9. The van der Waals surface area contributed by atoms with Crippen LogP contribution in [0.3, 0.4) is 0 Å². The molecule has 1 aliphatic heterocycles. The minimum absolute atomic E-state index is 0.0648. The normalized spacial score (nSPS) is 15.3. The lowest BCUT2D eigenvalue weighted by atomic mass is 9.97. The summed E-state index contributed by atoms with van der Waals surface area (Å²) in [4.78, 5) is 18.4. The number of phenols is 1. The number of nitrogens with zero attached hydrogens (tertiary/aromatic N) is 5. The molecule has 0 spiro atoms. The predicted molar refractivity (Wildman–Crippen MR) is 162 cm³/mol. The molecule has 0 saturated carbocycles. The third-order valence-corrected chi connectivity index (χ3v) is 8.22. The van der Waals surface area contributed by atoms with Crippen LogP contribution in [0.1, 0.15) is 65.1 Å². The van der Waals surface area contributed by atoms with Crippen molar-refractivity contribution in [2.24, 2.45) is 5.10 Å². The van der Waals surface area contributed by atoms with Crippen LogP contribution in [-0.2, 0) is 6.18 Å². The maximum atomic E-state index is 14.3. The van der Waals surface area contributed by atoms with Gasteiger partial charge >= 0.3 is 6.18 Å². The summed E-state index contributed by atoms with van der Waals surface area (Å²) in [5.41, 5.74) is 1.56. The van der Waals surface area contributed by atoms with Crippen molar-refractivity contribution in [3.05, 3.63) is 117 Å². The minimum Gasteiger partial charge on any atom is -0.508 e. The fraction of sp³-hybridized carbons (Fsp3) is 0.188. The standard InChI is InChI=1S/C32H24Cl2F3N5O2/c1-17(2)18-7-9-19(10-8-18)24-15-29(32(35,36)37)42-30(38-24)16-26(40-42)31(44)41-27(21-5-3-4-6-28(21)43)14-25(39-41)20-11-12-22(33)23(34)13-20/h3-13,15-17,27,43H,14H2,1-2H3/t27-/m0/s1. The van der Waals surface area contributed by atoms with E-state index in [9.17, 15) is 23.1 Å². The van der Waals surface area contributed by atoms with E-state index in [0.717, 1.165) is 16.6 Å².